The van der Waals surface area contributed by atoms with E-state index in [9.17, 15) is 8.78 Å². The van der Waals surface area contributed by atoms with Crippen LogP contribution in [0.3, 0.4) is 0 Å². The number of halogens is 3. The van der Waals surface area contributed by atoms with E-state index in [4.69, 9.17) is 11.6 Å². The van der Waals surface area contributed by atoms with Gasteiger partial charge in [-0.25, -0.2) is 8.78 Å². The van der Waals surface area contributed by atoms with Crippen LogP contribution in [0.1, 0.15) is 12.5 Å². The van der Waals surface area contributed by atoms with Crippen molar-refractivity contribution < 1.29 is 8.78 Å². The third-order valence-corrected chi connectivity index (χ3v) is 3.08. The molecule has 0 saturated heterocycles. The first-order valence-electron chi connectivity index (χ1n) is 5.59. The van der Waals surface area contributed by atoms with Gasteiger partial charge in [-0.05, 0) is 37.6 Å². The molecule has 2 aromatic rings. The summed E-state index contributed by atoms with van der Waals surface area (Å²) in [6.07, 6.45) is -0.780. The zero-order chi connectivity index (χ0) is 13.3. The van der Waals surface area contributed by atoms with Crippen LogP contribution in [0.25, 0.3) is 10.9 Å². The molecule has 2 rings (SSSR count). The fraction of sp³-hybridized carbons (Fsp3) is 0.308. The standard InChI is InChI=1S/C13H13ClF2N2/c1-7-6-10(14)12(18-8(2)13(15)16)9-4-3-5-17-11(7)9/h3-6,8,13,18H,1-2H3. The average Bonchev–Trinajstić information content (AvgIpc) is 2.34. The van der Waals surface area contributed by atoms with Gasteiger partial charge in [0.25, 0.3) is 6.43 Å². The Hall–Kier alpha value is -1.42. The molecule has 96 valence electrons. The number of anilines is 1. The molecule has 0 aliphatic heterocycles. The SMILES string of the molecule is Cc1cc(Cl)c(NC(C)C(F)F)c2cccnc12. The second kappa shape index (κ2) is 5.06. The normalized spacial score (nSPS) is 13.0. The molecular formula is C13H13ClF2N2. The zero-order valence-electron chi connectivity index (χ0n) is 10.0. The first kappa shape index (κ1) is 13.0. The number of benzene rings is 1. The van der Waals surface area contributed by atoms with Crippen LogP contribution in [0.15, 0.2) is 24.4 Å². The van der Waals surface area contributed by atoms with Crippen LogP contribution in [-0.4, -0.2) is 17.5 Å². The zero-order valence-corrected chi connectivity index (χ0v) is 10.8. The second-order valence-electron chi connectivity index (χ2n) is 4.22. The lowest BCUT2D eigenvalue weighted by Gasteiger charge is -2.18. The predicted molar refractivity (Wildman–Crippen MR) is 70.6 cm³/mol. The molecule has 0 fully saturated rings. The quantitative estimate of drug-likeness (QED) is 0.901. The van der Waals surface area contributed by atoms with E-state index in [0.717, 1.165) is 16.5 Å². The van der Waals surface area contributed by atoms with E-state index in [2.05, 4.69) is 10.3 Å². The molecule has 1 heterocycles. The van der Waals surface area contributed by atoms with Crippen molar-refractivity contribution in [1.29, 1.82) is 0 Å². The monoisotopic (exact) mass is 270 g/mol. The Balaban J connectivity index is 2.56. The molecule has 0 aliphatic rings. The van der Waals surface area contributed by atoms with Gasteiger partial charge < -0.3 is 5.32 Å². The maximum absolute atomic E-state index is 12.6. The first-order chi connectivity index (χ1) is 8.50. The summed E-state index contributed by atoms with van der Waals surface area (Å²) in [7, 11) is 0. The molecule has 1 unspecified atom stereocenters. The van der Waals surface area contributed by atoms with E-state index >= 15 is 0 Å². The van der Waals surface area contributed by atoms with Gasteiger partial charge in [-0.3, -0.25) is 4.98 Å². The van der Waals surface area contributed by atoms with Crippen molar-refractivity contribution in [3.05, 3.63) is 35.0 Å². The summed E-state index contributed by atoms with van der Waals surface area (Å²) in [6.45, 7) is 3.31. The van der Waals surface area contributed by atoms with Gasteiger partial charge in [-0.2, -0.15) is 0 Å². The van der Waals surface area contributed by atoms with Crippen molar-refractivity contribution in [2.75, 3.05) is 5.32 Å². The molecule has 0 saturated carbocycles. The Kier molecular flexibility index (Phi) is 3.66. The van der Waals surface area contributed by atoms with E-state index in [1.807, 2.05) is 13.0 Å². The Morgan fingerprint density at radius 2 is 2.11 bits per heavy atom. The van der Waals surface area contributed by atoms with Crippen molar-refractivity contribution >= 4 is 28.2 Å². The third-order valence-electron chi connectivity index (χ3n) is 2.78. The fourth-order valence-electron chi connectivity index (χ4n) is 1.82. The van der Waals surface area contributed by atoms with Crippen molar-refractivity contribution in [2.45, 2.75) is 26.3 Å². The van der Waals surface area contributed by atoms with Gasteiger partial charge >= 0.3 is 0 Å². The number of rotatable bonds is 3. The summed E-state index contributed by atoms with van der Waals surface area (Å²) >= 11 is 6.12. The Morgan fingerprint density at radius 1 is 1.39 bits per heavy atom. The minimum atomic E-state index is -2.45. The number of fused-ring (bicyclic) bond motifs is 1. The summed E-state index contributed by atoms with van der Waals surface area (Å²) in [5.74, 6) is 0. The second-order valence-corrected chi connectivity index (χ2v) is 4.62. The number of nitrogens with zero attached hydrogens (tertiary/aromatic N) is 1. The Morgan fingerprint density at radius 3 is 2.78 bits per heavy atom. The highest BCUT2D eigenvalue weighted by atomic mass is 35.5. The van der Waals surface area contributed by atoms with Crippen LogP contribution < -0.4 is 5.32 Å². The summed E-state index contributed by atoms with van der Waals surface area (Å²) in [6, 6.07) is 4.35. The molecule has 0 aliphatic carbocycles. The van der Waals surface area contributed by atoms with Crippen molar-refractivity contribution in [1.82, 2.24) is 4.98 Å². The highest BCUT2D eigenvalue weighted by Gasteiger charge is 2.17. The maximum atomic E-state index is 12.6. The predicted octanol–water partition coefficient (Wildman–Crippen LogP) is 4.26. The van der Waals surface area contributed by atoms with Gasteiger partial charge in [0.2, 0.25) is 0 Å². The molecule has 2 nitrogen and oxygen atoms in total. The van der Waals surface area contributed by atoms with Crippen LogP contribution >= 0.6 is 11.6 Å². The van der Waals surface area contributed by atoms with E-state index < -0.39 is 12.5 Å². The van der Waals surface area contributed by atoms with Gasteiger partial charge in [0.05, 0.1) is 22.3 Å². The molecule has 1 aromatic heterocycles. The van der Waals surface area contributed by atoms with Crippen molar-refractivity contribution in [3.63, 3.8) is 0 Å². The van der Waals surface area contributed by atoms with Crippen LogP contribution in [0.4, 0.5) is 14.5 Å². The topological polar surface area (TPSA) is 24.9 Å². The molecule has 5 heteroatoms. The summed E-state index contributed by atoms with van der Waals surface area (Å²) < 4.78 is 25.2. The lowest BCUT2D eigenvalue weighted by Crippen LogP contribution is -2.24. The molecule has 18 heavy (non-hydrogen) atoms. The van der Waals surface area contributed by atoms with Gasteiger partial charge in [-0.15, -0.1) is 0 Å². The largest absolute Gasteiger partial charge is 0.375 e. The van der Waals surface area contributed by atoms with E-state index in [1.165, 1.54) is 6.92 Å². The Bertz CT molecular complexity index is 572. The van der Waals surface area contributed by atoms with Gasteiger partial charge in [0, 0.05) is 11.6 Å². The number of nitrogens with one attached hydrogen (secondary N) is 1. The van der Waals surface area contributed by atoms with Gasteiger partial charge in [-0.1, -0.05) is 11.6 Å². The Labute approximate surface area is 109 Å². The van der Waals surface area contributed by atoms with E-state index in [0.29, 0.717) is 10.7 Å². The van der Waals surface area contributed by atoms with E-state index in [-0.39, 0.29) is 0 Å². The summed E-state index contributed by atoms with van der Waals surface area (Å²) in [4.78, 5) is 4.25. The van der Waals surface area contributed by atoms with Crippen molar-refractivity contribution in [2.24, 2.45) is 0 Å². The number of hydrogen-bond acceptors (Lipinski definition) is 2. The van der Waals surface area contributed by atoms with Gasteiger partial charge in [0.15, 0.2) is 0 Å². The lowest BCUT2D eigenvalue weighted by atomic mass is 10.1. The maximum Gasteiger partial charge on any atom is 0.258 e. The lowest BCUT2D eigenvalue weighted by molar-refractivity contribution is 0.131. The molecule has 1 N–H and O–H groups in total. The minimum absolute atomic E-state index is 0.431. The number of alkyl halides is 2. The molecule has 1 atom stereocenters. The minimum Gasteiger partial charge on any atom is -0.375 e. The number of aromatic nitrogens is 1. The number of pyridine rings is 1. The van der Waals surface area contributed by atoms with E-state index in [1.54, 1.807) is 18.3 Å². The molecular weight excluding hydrogens is 258 g/mol. The highest BCUT2D eigenvalue weighted by Crippen LogP contribution is 2.33. The van der Waals surface area contributed by atoms with Gasteiger partial charge in [0.1, 0.15) is 0 Å². The smallest absolute Gasteiger partial charge is 0.258 e. The molecule has 0 amide bonds. The number of aryl methyl sites for hydroxylation is 1. The highest BCUT2D eigenvalue weighted by molar-refractivity contribution is 6.35. The molecule has 0 spiro atoms. The number of hydrogen-bond donors (Lipinski definition) is 1. The van der Waals surface area contributed by atoms with Crippen LogP contribution in [0.5, 0.6) is 0 Å². The molecule has 0 radical (unpaired) electrons. The van der Waals surface area contributed by atoms with Crippen LogP contribution in [0, 0.1) is 6.92 Å². The first-order valence-corrected chi connectivity index (χ1v) is 5.97. The van der Waals surface area contributed by atoms with Crippen LogP contribution in [-0.2, 0) is 0 Å². The molecule has 0 bridgehead atoms. The average molecular weight is 271 g/mol. The van der Waals surface area contributed by atoms with Crippen molar-refractivity contribution in [3.8, 4) is 0 Å². The van der Waals surface area contributed by atoms with Crippen LogP contribution in [0.2, 0.25) is 5.02 Å². The summed E-state index contributed by atoms with van der Waals surface area (Å²) in [5.41, 5.74) is 2.20. The molecule has 1 aromatic carbocycles. The third kappa shape index (κ3) is 2.38. The fourth-order valence-corrected chi connectivity index (χ4v) is 2.14. The summed E-state index contributed by atoms with van der Waals surface area (Å²) in [5, 5.41) is 3.95.